The SMILES string of the molecule is CCC#CCC(C)c1ccccc1. The number of hydrogen-bond donors (Lipinski definition) is 0. The fraction of sp³-hybridized carbons (Fsp3) is 0.385. The van der Waals surface area contributed by atoms with Gasteiger partial charge in [0.1, 0.15) is 0 Å². The summed E-state index contributed by atoms with van der Waals surface area (Å²) in [5, 5.41) is 0. The van der Waals surface area contributed by atoms with Crippen LogP contribution in [0.5, 0.6) is 0 Å². The zero-order valence-corrected chi connectivity index (χ0v) is 8.38. The van der Waals surface area contributed by atoms with Gasteiger partial charge in [-0.1, -0.05) is 44.2 Å². The molecule has 68 valence electrons. The van der Waals surface area contributed by atoms with Gasteiger partial charge >= 0.3 is 0 Å². The minimum atomic E-state index is 0.556. The molecule has 1 aromatic rings. The third-order valence-electron chi connectivity index (χ3n) is 2.08. The summed E-state index contributed by atoms with van der Waals surface area (Å²) >= 11 is 0. The van der Waals surface area contributed by atoms with E-state index in [4.69, 9.17) is 0 Å². The van der Waals surface area contributed by atoms with Gasteiger partial charge < -0.3 is 0 Å². The summed E-state index contributed by atoms with van der Waals surface area (Å²) in [4.78, 5) is 0. The van der Waals surface area contributed by atoms with E-state index in [9.17, 15) is 0 Å². The van der Waals surface area contributed by atoms with Gasteiger partial charge in [0.05, 0.1) is 0 Å². The number of benzene rings is 1. The first-order valence-electron chi connectivity index (χ1n) is 4.85. The Labute approximate surface area is 81.0 Å². The van der Waals surface area contributed by atoms with Crippen molar-refractivity contribution in [3.63, 3.8) is 0 Å². The third-order valence-corrected chi connectivity index (χ3v) is 2.08. The molecule has 13 heavy (non-hydrogen) atoms. The van der Waals surface area contributed by atoms with Crippen molar-refractivity contribution in [2.45, 2.75) is 32.6 Å². The molecular formula is C13H16. The fourth-order valence-corrected chi connectivity index (χ4v) is 1.25. The van der Waals surface area contributed by atoms with Gasteiger partial charge in [-0.15, -0.1) is 11.8 Å². The van der Waals surface area contributed by atoms with E-state index >= 15 is 0 Å². The molecule has 0 aromatic heterocycles. The maximum absolute atomic E-state index is 3.18. The minimum absolute atomic E-state index is 0.556. The van der Waals surface area contributed by atoms with Crippen molar-refractivity contribution >= 4 is 0 Å². The lowest BCUT2D eigenvalue weighted by atomic mass is 9.98. The molecule has 0 nitrogen and oxygen atoms in total. The highest BCUT2D eigenvalue weighted by Crippen LogP contribution is 2.17. The third kappa shape index (κ3) is 3.34. The Balaban J connectivity index is 2.54. The van der Waals surface area contributed by atoms with Crippen LogP contribution in [0.4, 0.5) is 0 Å². The molecule has 0 aliphatic heterocycles. The molecule has 0 saturated heterocycles. The van der Waals surface area contributed by atoms with Crippen LogP contribution in [0.15, 0.2) is 30.3 Å². The maximum Gasteiger partial charge on any atom is 0.0155 e. The second kappa shape index (κ2) is 5.43. The van der Waals surface area contributed by atoms with Crippen LogP contribution in [0, 0.1) is 11.8 Å². The summed E-state index contributed by atoms with van der Waals surface area (Å²) in [6.45, 7) is 4.31. The predicted molar refractivity (Wildman–Crippen MR) is 57.5 cm³/mol. The van der Waals surface area contributed by atoms with Gasteiger partial charge in [0.2, 0.25) is 0 Å². The first-order valence-corrected chi connectivity index (χ1v) is 4.85. The van der Waals surface area contributed by atoms with Crippen molar-refractivity contribution in [3.8, 4) is 11.8 Å². The first kappa shape index (κ1) is 9.86. The molecule has 0 aliphatic carbocycles. The van der Waals surface area contributed by atoms with Crippen molar-refractivity contribution in [1.29, 1.82) is 0 Å². The van der Waals surface area contributed by atoms with Crippen LogP contribution in [0.1, 0.15) is 38.2 Å². The lowest BCUT2D eigenvalue weighted by molar-refractivity contribution is 0.795. The topological polar surface area (TPSA) is 0 Å². The molecule has 0 heterocycles. The van der Waals surface area contributed by atoms with E-state index in [1.165, 1.54) is 5.56 Å². The molecule has 0 heteroatoms. The summed E-state index contributed by atoms with van der Waals surface area (Å²) in [7, 11) is 0. The molecule has 0 amide bonds. The van der Waals surface area contributed by atoms with Gasteiger partial charge in [-0.3, -0.25) is 0 Å². The highest BCUT2D eigenvalue weighted by atomic mass is 14.0. The Morgan fingerprint density at radius 3 is 2.46 bits per heavy atom. The van der Waals surface area contributed by atoms with Crippen LogP contribution in [0.3, 0.4) is 0 Å². The highest BCUT2D eigenvalue weighted by molar-refractivity contribution is 5.20. The van der Waals surface area contributed by atoms with Crippen molar-refractivity contribution in [2.24, 2.45) is 0 Å². The van der Waals surface area contributed by atoms with Gasteiger partial charge in [-0.2, -0.15) is 0 Å². The molecule has 0 N–H and O–H groups in total. The zero-order chi connectivity index (χ0) is 9.52. The predicted octanol–water partition coefficient (Wildman–Crippen LogP) is 3.59. The molecule has 0 spiro atoms. The minimum Gasteiger partial charge on any atom is -0.104 e. The Kier molecular flexibility index (Phi) is 4.12. The second-order valence-electron chi connectivity index (χ2n) is 3.22. The van der Waals surface area contributed by atoms with E-state index in [-0.39, 0.29) is 0 Å². The van der Waals surface area contributed by atoms with Crippen molar-refractivity contribution < 1.29 is 0 Å². The van der Waals surface area contributed by atoms with Crippen molar-refractivity contribution in [1.82, 2.24) is 0 Å². The first-order chi connectivity index (χ1) is 6.34. The molecule has 0 bridgehead atoms. The van der Waals surface area contributed by atoms with Crippen LogP contribution in [0.2, 0.25) is 0 Å². The van der Waals surface area contributed by atoms with E-state index in [0.29, 0.717) is 5.92 Å². The molecule has 0 fully saturated rings. The van der Waals surface area contributed by atoms with Crippen LogP contribution in [-0.2, 0) is 0 Å². The molecule has 1 unspecified atom stereocenters. The van der Waals surface area contributed by atoms with Crippen LogP contribution in [-0.4, -0.2) is 0 Å². The van der Waals surface area contributed by atoms with E-state index in [2.05, 4.69) is 50.0 Å². The lowest BCUT2D eigenvalue weighted by Crippen LogP contribution is -1.90. The van der Waals surface area contributed by atoms with Gasteiger partial charge in [-0.25, -0.2) is 0 Å². The van der Waals surface area contributed by atoms with E-state index in [1.807, 2.05) is 6.07 Å². The summed E-state index contributed by atoms with van der Waals surface area (Å²) in [6, 6.07) is 10.5. The summed E-state index contributed by atoms with van der Waals surface area (Å²) in [5.41, 5.74) is 1.38. The monoisotopic (exact) mass is 172 g/mol. The molecule has 1 aromatic carbocycles. The normalized spacial score (nSPS) is 11.5. The Hall–Kier alpha value is -1.22. The summed E-state index contributed by atoms with van der Waals surface area (Å²) in [5.74, 6) is 6.84. The zero-order valence-electron chi connectivity index (χ0n) is 8.38. The van der Waals surface area contributed by atoms with Gasteiger partial charge in [0, 0.05) is 12.8 Å². The van der Waals surface area contributed by atoms with Crippen molar-refractivity contribution in [3.05, 3.63) is 35.9 Å². The highest BCUT2D eigenvalue weighted by Gasteiger charge is 2.00. The molecule has 0 saturated carbocycles. The average Bonchev–Trinajstić information content (AvgIpc) is 2.19. The van der Waals surface area contributed by atoms with E-state index in [0.717, 1.165) is 12.8 Å². The van der Waals surface area contributed by atoms with E-state index in [1.54, 1.807) is 0 Å². The number of hydrogen-bond acceptors (Lipinski definition) is 0. The lowest BCUT2D eigenvalue weighted by Gasteiger charge is -2.06. The standard InChI is InChI=1S/C13H16/c1-3-4-6-9-12(2)13-10-7-5-8-11-13/h5,7-8,10-12H,3,9H2,1-2H3. The van der Waals surface area contributed by atoms with Crippen molar-refractivity contribution in [2.75, 3.05) is 0 Å². The van der Waals surface area contributed by atoms with Gasteiger partial charge in [0.15, 0.2) is 0 Å². The van der Waals surface area contributed by atoms with Crippen LogP contribution in [0.25, 0.3) is 0 Å². The molecule has 0 radical (unpaired) electrons. The number of rotatable bonds is 2. The smallest absolute Gasteiger partial charge is 0.0155 e. The molecular weight excluding hydrogens is 156 g/mol. The fourth-order valence-electron chi connectivity index (χ4n) is 1.25. The molecule has 0 aliphatic rings. The average molecular weight is 172 g/mol. The molecule has 1 rings (SSSR count). The van der Waals surface area contributed by atoms with Crippen LogP contribution < -0.4 is 0 Å². The molecule has 1 atom stereocenters. The Bertz CT molecular complexity index is 287. The Morgan fingerprint density at radius 2 is 1.85 bits per heavy atom. The largest absolute Gasteiger partial charge is 0.104 e. The second-order valence-corrected chi connectivity index (χ2v) is 3.22. The van der Waals surface area contributed by atoms with Gasteiger partial charge in [-0.05, 0) is 11.5 Å². The Morgan fingerprint density at radius 1 is 1.15 bits per heavy atom. The maximum atomic E-state index is 3.18. The summed E-state index contributed by atoms with van der Waals surface area (Å²) < 4.78 is 0. The van der Waals surface area contributed by atoms with Crippen LogP contribution >= 0.6 is 0 Å². The van der Waals surface area contributed by atoms with E-state index < -0.39 is 0 Å². The quantitative estimate of drug-likeness (QED) is 0.598. The van der Waals surface area contributed by atoms with Gasteiger partial charge in [0.25, 0.3) is 0 Å². The summed E-state index contributed by atoms with van der Waals surface area (Å²) in [6.07, 6.45) is 1.93.